The zero-order valence-corrected chi connectivity index (χ0v) is 15.2. The summed E-state index contributed by atoms with van der Waals surface area (Å²) in [5.74, 6) is 2.01. The lowest BCUT2D eigenvalue weighted by atomic mass is 10.1. The third kappa shape index (κ3) is 4.29. The van der Waals surface area contributed by atoms with E-state index in [0.29, 0.717) is 0 Å². The minimum absolute atomic E-state index is 0.818. The van der Waals surface area contributed by atoms with Crippen LogP contribution in [0.2, 0.25) is 0 Å². The van der Waals surface area contributed by atoms with Crippen molar-refractivity contribution in [2.75, 3.05) is 33.8 Å². The molecule has 24 heavy (non-hydrogen) atoms. The molecule has 0 saturated heterocycles. The van der Waals surface area contributed by atoms with Gasteiger partial charge in [-0.15, -0.1) is 11.3 Å². The first-order valence-corrected chi connectivity index (χ1v) is 9.33. The molecule has 1 aromatic heterocycles. The molecule has 1 aromatic carbocycles. The lowest BCUT2D eigenvalue weighted by molar-refractivity contribution is 0.357. The van der Waals surface area contributed by atoms with Gasteiger partial charge < -0.3 is 15.0 Å². The number of aliphatic imine (C=N–C) groups is 1. The molecular weight excluding hydrogens is 318 g/mol. The summed E-state index contributed by atoms with van der Waals surface area (Å²) >= 11 is 1.81. The summed E-state index contributed by atoms with van der Waals surface area (Å²) in [7, 11) is 3.94. The van der Waals surface area contributed by atoms with Gasteiger partial charge in [-0.25, -0.2) is 0 Å². The van der Waals surface area contributed by atoms with Gasteiger partial charge in [0.25, 0.3) is 0 Å². The second kappa shape index (κ2) is 8.20. The van der Waals surface area contributed by atoms with E-state index >= 15 is 0 Å². The van der Waals surface area contributed by atoms with Crippen molar-refractivity contribution in [1.82, 2.24) is 10.2 Å². The van der Waals surface area contributed by atoms with Gasteiger partial charge in [0.2, 0.25) is 0 Å². The molecule has 0 aliphatic carbocycles. The van der Waals surface area contributed by atoms with Crippen LogP contribution in [-0.4, -0.2) is 44.7 Å². The van der Waals surface area contributed by atoms with Gasteiger partial charge in [-0.1, -0.05) is 18.2 Å². The molecule has 1 aliphatic heterocycles. The maximum absolute atomic E-state index is 5.56. The van der Waals surface area contributed by atoms with Crippen molar-refractivity contribution >= 4 is 17.3 Å². The van der Waals surface area contributed by atoms with E-state index in [-0.39, 0.29) is 0 Å². The predicted octanol–water partition coefficient (Wildman–Crippen LogP) is 2.98. The number of likely N-dealkylation sites (N-methyl/N-ethyl adjacent to an activating group) is 1. The van der Waals surface area contributed by atoms with Gasteiger partial charge in [-0.05, 0) is 41.5 Å². The maximum atomic E-state index is 5.56. The van der Waals surface area contributed by atoms with E-state index in [2.05, 4.69) is 58.0 Å². The monoisotopic (exact) mass is 343 g/mol. The first-order chi connectivity index (χ1) is 11.8. The number of rotatable bonds is 6. The SMILES string of the molecule is CN=C(NCCc1ccc2c(c1)CCO2)N(C)CCc1cccs1. The van der Waals surface area contributed by atoms with Crippen LogP contribution in [0, 0.1) is 0 Å². The third-order valence-electron chi connectivity index (χ3n) is 4.30. The van der Waals surface area contributed by atoms with Crippen LogP contribution in [0.3, 0.4) is 0 Å². The molecule has 0 atom stereocenters. The first-order valence-electron chi connectivity index (χ1n) is 8.45. The highest BCUT2D eigenvalue weighted by molar-refractivity contribution is 7.09. The van der Waals surface area contributed by atoms with Gasteiger partial charge in [0, 0.05) is 38.5 Å². The van der Waals surface area contributed by atoms with E-state index in [9.17, 15) is 0 Å². The fourth-order valence-electron chi connectivity index (χ4n) is 2.94. The summed E-state index contributed by atoms with van der Waals surface area (Å²) in [6.07, 6.45) is 3.08. The summed E-state index contributed by atoms with van der Waals surface area (Å²) in [6.45, 7) is 2.67. The standard InChI is InChI=1S/C19H25N3OS/c1-20-19(22(2)11-8-17-4-3-13-24-17)21-10-7-15-5-6-18-16(14-15)9-12-23-18/h3-6,13-14H,7-12H2,1-2H3,(H,20,21). The first kappa shape index (κ1) is 16.8. The summed E-state index contributed by atoms with van der Waals surface area (Å²) in [5, 5.41) is 5.59. The van der Waals surface area contributed by atoms with Crippen molar-refractivity contribution in [3.05, 3.63) is 51.7 Å². The Morgan fingerprint density at radius 2 is 2.25 bits per heavy atom. The molecule has 2 heterocycles. The largest absolute Gasteiger partial charge is 0.493 e. The second-order valence-corrected chi connectivity index (χ2v) is 7.05. The predicted molar refractivity (Wildman–Crippen MR) is 101 cm³/mol. The van der Waals surface area contributed by atoms with Crippen LogP contribution in [0.25, 0.3) is 0 Å². The number of hydrogen-bond acceptors (Lipinski definition) is 3. The van der Waals surface area contributed by atoms with Crippen LogP contribution in [0.5, 0.6) is 5.75 Å². The summed E-state index contributed by atoms with van der Waals surface area (Å²) < 4.78 is 5.56. The number of nitrogens with one attached hydrogen (secondary N) is 1. The van der Waals surface area contributed by atoms with Crippen LogP contribution in [0.1, 0.15) is 16.0 Å². The van der Waals surface area contributed by atoms with Gasteiger partial charge in [-0.3, -0.25) is 4.99 Å². The molecule has 1 N–H and O–H groups in total. The fraction of sp³-hybridized carbons (Fsp3) is 0.421. The van der Waals surface area contributed by atoms with Crippen LogP contribution in [-0.2, 0) is 19.3 Å². The van der Waals surface area contributed by atoms with Gasteiger partial charge in [0.05, 0.1) is 6.61 Å². The van der Waals surface area contributed by atoms with Crippen molar-refractivity contribution in [2.24, 2.45) is 4.99 Å². The highest BCUT2D eigenvalue weighted by Crippen LogP contribution is 2.25. The van der Waals surface area contributed by atoms with E-state index in [0.717, 1.165) is 50.7 Å². The quantitative estimate of drug-likeness (QED) is 0.647. The van der Waals surface area contributed by atoms with Crippen LogP contribution in [0.4, 0.5) is 0 Å². The van der Waals surface area contributed by atoms with Crippen molar-refractivity contribution in [1.29, 1.82) is 0 Å². The van der Waals surface area contributed by atoms with E-state index in [1.807, 2.05) is 18.4 Å². The Balaban J connectivity index is 1.45. The highest BCUT2D eigenvalue weighted by Gasteiger charge is 2.12. The van der Waals surface area contributed by atoms with Gasteiger partial charge in [0.15, 0.2) is 5.96 Å². The summed E-state index contributed by atoms with van der Waals surface area (Å²) in [5.41, 5.74) is 2.69. The number of benzene rings is 1. The Kier molecular flexibility index (Phi) is 5.75. The van der Waals surface area contributed by atoms with Crippen LogP contribution in [0.15, 0.2) is 40.7 Å². The molecule has 2 aromatic rings. The minimum atomic E-state index is 0.818. The molecule has 0 saturated carbocycles. The topological polar surface area (TPSA) is 36.9 Å². The Morgan fingerprint density at radius 1 is 1.33 bits per heavy atom. The lowest BCUT2D eigenvalue weighted by Crippen LogP contribution is -2.40. The van der Waals surface area contributed by atoms with Crippen LogP contribution < -0.4 is 10.1 Å². The molecule has 0 fully saturated rings. The van der Waals surface area contributed by atoms with Gasteiger partial charge in [0.1, 0.15) is 5.75 Å². The zero-order valence-electron chi connectivity index (χ0n) is 14.4. The van der Waals surface area contributed by atoms with Crippen molar-refractivity contribution in [2.45, 2.75) is 19.3 Å². The Morgan fingerprint density at radius 3 is 3.04 bits per heavy atom. The van der Waals surface area contributed by atoms with Crippen molar-refractivity contribution < 1.29 is 4.74 Å². The summed E-state index contributed by atoms with van der Waals surface area (Å²) in [6, 6.07) is 10.8. The molecular formula is C19H25N3OS. The second-order valence-electron chi connectivity index (χ2n) is 6.02. The van der Waals surface area contributed by atoms with E-state index in [4.69, 9.17) is 4.74 Å². The molecule has 0 unspecified atom stereocenters. The smallest absolute Gasteiger partial charge is 0.193 e. The number of nitrogens with zero attached hydrogens (tertiary/aromatic N) is 2. The zero-order chi connectivity index (χ0) is 16.8. The number of guanidine groups is 1. The third-order valence-corrected chi connectivity index (χ3v) is 5.23. The van der Waals surface area contributed by atoms with E-state index < -0.39 is 0 Å². The molecule has 0 radical (unpaired) electrons. The molecule has 3 rings (SSSR count). The maximum Gasteiger partial charge on any atom is 0.193 e. The number of thiophene rings is 1. The number of fused-ring (bicyclic) bond motifs is 1. The average Bonchev–Trinajstić information content (AvgIpc) is 3.27. The molecule has 1 aliphatic rings. The average molecular weight is 343 g/mol. The van der Waals surface area contributed by atoms with E-state index in [1.54, 1.807) is 0 Å². The number of hydrogen-bond donors (Lipinski definition) is 1. The molecule has 0 bridgehead atoms. The normalized spacial score (nSPS) is 13.5. The molecule has 128 valence electrons. The van der Waals surface area contributed by atoms with Gasteiger partial charge >= 0.3 is 0 Å². The minimum Gasteiger partial charge on any atom is -0.493 e. The Hall–Kier alpha value is -2.01. The Labute approximate surface area is 148 Å². The lowest BCUT2D eigenvalue weighted by Gasteiger charge is -2.22. The molecule has 0 amide bonds. The number of ether oxygens (including phenoxy) is 1. The fourth-order valence-corrected chi connectivity index (χ4v) is 3.64. The highest BCUT2D eigenvalue weighted by atomic mass is 32.1. The summed E-state index contributed by atoms with van der Waals surface area (Å²) in [4.78, 5) is 8.00. The molecule has 0 spiro atoms. The van der Waals surface area contributed by atoms with Crippen LogP contribution >= 0.6 is 11.3 Å². The van der Waals surface area contributed by atoms with Gasteiger partial charge in [-0.2, -0.15) is 0 Å². The van der Waals surface area contributed by atoms with Crippen molar-refractivity contribution in [3.8, 4) is 5.75 Å². The van der Waals surface area contributed by atoms with Crippen molar-refractivity contribution in [3.63, 3.8) is 0 Å². The Bertz CT molecular complexity index is 682. The molecule has 4 nitrogen and oxygen atoms in total. The molecule has 5 heteroatoms. The van der Waals surface area contributed by atoms with E-state index in [1.165, 1.54) is 16.0 Å².